The summed E-state index contributed by atoms with van der Waals surface area (Å²) < 4.78 is 5.77. The molecule has 1 saturated carbocycles. The number of rotatable bonds is 6. The molecule has 2 atom stereocenters. The average molecular weight is 357 g/mol. The van der Waals surface area contributed by atoms with Gasteiger partial charge in [-0.05, 0) is 31.4 Å². The number of hydrogen-bond donors (Lipinski definition) is 1. The minimum atomic E-state index is -0.376. The maximum Gasteiger partial charge on any atom is 0.304 e. The van der Waals surface area contributed by atoms with Crippen LogP contribution in [0.15, 0.2) is 30.3 Å². The van der Waals surface area contributed by atoms with Gasteiger partial charge in [0.2, 0.25) is 0 Å². The first-order chi connectivity index (χ1) is 12.6. The molecule has 1 N–H and O–H groups in total. The Morgan fingerprint density at radius 3 is 2.54 bits per heavy atom. The topological polar surface area (TPSA) is 44.8 Å². The minimum Gasteiger partial charge on any atom is -0.441 e. The Kier molecular flexibility index (Phi) is 5.04. The first-order valence-corrected chi connectivity index (χ1v) is 10.1. The Bertz CT molecular complexity index is 621. The molecule has 0 aromatic heterocycles. The third-order valence-corrected chi connectivity index (χ3v) is 6.26. The number of nitrogens with one attached hydrogen (secondary N) is 1. The number of carbonyl (C=O) groups excluding carboxylic acids is 1. The lowest BCUT2D eigenvalue weighted by Gasteiger charge is -2.55. The van der Waals surface area contributed by atoms with Crippen LogP contribution in [0.3, 0.4) is 0 Å². The number of ether oxygens (including phenoxy) is 1. The first kappa shape index (κ1) is 18.0. The molecule has 1 aromatic carbocycles. The standard InChI is InChI=1S/C21H31N3O2/c1-3-23-14-21(15-23,26-16(2)25)24-11-9-18(10-12-24)22-20-13-19(20)17-7-5-4-6-8-17/h4-8,18-20,22H,3,9-15H2,1-2H3/t19-,20+/m0/s1. The van der Waals surface area contributed by atoms with Gasteiger partial charge >= 0.3 is 5.97 Å². The van der Waals surface area contributed by atoms with E-state index in [-0.39, 0.29) is 11.7 Å². The molecule has 0 unspecified atom stereocenters. The highest BCUT2D eigenvalue weighted by molar-refractivity contribution is 5.66. The summed E-state index contributed by atoms with van der Waals surface area (Å²) >= 11 is 0. The summed E-state index contributed by atoms with van der Waals surface area (Å²) in [5.74, 6) is 0.524. The molecule has 0 radical (unpaired) electrons. The molecule has 2 heterocycles. The molecule has 1 aliphatic carbocycles. The fraction of sp³-hybridized carbons (Fsp3) is 0.667. The van der Waals surface area contributed by atoms with Gasteiger partial charge in [0.1, 0.15) is 0 Å². The van der Waals surface area contributed by atoms with Crippen LogP contribution in [0.5, 0.6) is 0 Å². The molecule has 3 fully saturated rings. The monoisotopic (exact) mass is 357 g/mol. The lowest BCUT2D eigenvalue weighted by Crippen LogP contribution is -2.73. The third kappa shape index (κ3) is 3.66. The molecular formula is C21H31N3O2. The van der Waals surface area contributed by atoms with Gasteiger partial charge < -0.3 is 10.1 Å². The number of esters is 1. The fourth-order valence-corrected chi connectivity index (χ4v) is 4.68. The molecule has 5 heteroatoms. The summed E-state index contributed by atoms with van der Waals surface area (Å²) in [6.07, 6.45) is 3.52. The molecule has 1 aromatic rings. The van der Waals surface area contributed by atoms with Crippen LogP contribution < -0.4 is 5.32 Å². The molecule has 5 nitrogen and oxygen atoms in total. The zero-order valence-electron chi connectivity index (χ0n) is 16.0. The molecule has 3 aliphatic rings. The van der Waals surface area contributed by atoms with E-state index in [2.05, 4.69) is 52.4 Å². The number of likely N-dealkylation sites (tertiary alicyclic amines) is 2. The normalized spacial score (nSPS) is 29.2. The van der Waals surface area contributed by atoms with Crippen molar-refractivity contribution in [2.45, 2.75) is 56.8 Å². The molecule has 0 spiro atoms. The van der Waals surface area contributed by atoms with Crippen molar-refractivity contribution in [2.24, 2.45) is 0 Å². The van der Waals surface area contributed by atoms with E-state index in [0.717, 1.165) is 45.6 Å². The molecule has 26 heavy (non-hydrogen) atoms. The van der Waals surface area contributed by atoms with Gasteiger partial charge in [-0.1, -0.05) is 37.3 Å². The summed E-state index contributed by atoms with van der Waals surface area (Å²) in [5.41, 5.74) is 1.09. The van der Waals surface area contributed by atoms with Crippen molar-refractivity contribution in [1.29, 1.82) is 0 Å². The quantitative estimate of drug-likeness (QED) is 0.791. The molecule has 0 amide bonds. The highest BCUT2D eigenvalue weighted by atomic mass is 16.6. The van der Waals surface area contributed by atoms with Gasteiger partial charge in [-0.25, -0.2) is 0 Å². The van der Waals surface area contributed by atoms with E-state index in [1.807, 2.05) is 0 Å². The van der Waals surface area contributed by atoms with E-state index in [1.54, 1.807) is 0 Å². The van der Waals surface area contributed by atoms with E-state index in [4.69, 9.17) is 4.74 Å². The second-order valence-electron chi connectivity index (χ2n) is 8.13. The van der Waals surface area contributed by atoms with Crippen LogP contribution in [0.25, 0.3) is 0 Å². The van der Waals surface area contributed by atoms with E-state index in [0.29, 0.717) is 18.0 Å². The van der Waals surface area contributed by atoms with Crippen molar-refractivity contribution in [3.05, 3.63) is 35.9 Å². The van der Waals surface area contributed by atoms with Crippen molar-refractivity contribution in [3.8, 4) is 0 Å². The molecule has 4 rings (SSSR count). The number of piperidine rings is 1. The Labute approximate surface area is 156 Å². The predicted molar refractivity (Wildman–Crippen MR) is 102 cm³/mol. The van der Waals surface area contributed by atoms with E-state index in [9.17, 15) is 4.79 Å². The molecular weight excluding hydrogens is 326 g/mol. The van der Waals surface area contributed by atoms with E-state index >= 15 is 0 Å². The second-order valence-corrected chi connectivity index (χ2v) is 8.13. The van der Waals surface area contributed by atoms with Crippen LogP contribution in [0, 0.1) is 0 Å². The van der Waals surface area contributed by atoms with E-state index in [1.165, 1.54) is 18.9 Å². The smallest absolute Gasteiger partial charge is 0.304 e. The third-order valence-electron chi connectivity index (χ3n) is 6.26. The van der Waals surface area contributed by atoms with Gasteiger partial charge in [-0.15, -0.1) is 0 Å². The number of benzene rings is 1. The highest BCUT2D eigenvalue weighted by Crippen LogP contribution is 2.41. The lowest BCUT2D eigenvalue weighted by molar-refractivity contribution is -0.230. The Balaban J connectivity index is 1.27. The van der Waals surface area contributed by atoms with Crippen molar-refractivity contribution in [3.63, 3.8) is 0 Å². The summed E-state index contributed by atoms with van der Waals surface area (Å²) in [6, 6.07) is 12.1. The Morgan fingerprint density at radius 2 is 1.92 bits per heavy atom. The van der Waals surface area contributed by atoms with Gasteiger partial charge in [0.15, 0.2) is 5.72 Å². The molecule has 2 saturated heterocycles. The second kappa shape index (κ2) is 7.29. The summed E-state index contributed by atoms with van der Waals surface area (Å²) in [4.78, 5) is 16.3. The molecule has 2 aliphatic heterocycles. The molecule has 0 bridgehead atoms. The fourth-order valence-electron chi connectivity index (χ4n) is 4.68. The van der Waals surface area contributed by atoms with Gasteiger partial charge in [0.05, 0.1) is 13.1 Å². The summed E-state index contributed by atoms with van der Waals surface area (Å²) in [5, 5.41) is 3.87. The van der Waals surface area contributed by atoms with Crippen LogP contribution in [0.4, 0.5) is 0 Å². The van der Waals surface area contributed by atoms with E-state index < -0.39 is 0 Å². The average Bonchev–Trinajstić information content (AvgIpc) is 3.38. The highest BCUT2D eigenvalue weighted by Gasteiger charge is 2.51. The minimum absolute atomic E-state index is 0.162. The van der Waals surface area contributed by atoms with Crippen molar-refractivity contribution < 1.29 is 9.53 Å². The zero-order valence-corrected chi connectivity index (χ0v) is 16.0. The van der Waals surface area contributed by atoms with Gasteiger partial charge in [0, 0.05) is 38.0 Å². The van der Waals surface area contributed by atoms with Gasteiger partial charge in [-0.3, -0.25) is 14.6 Å². The summed E-state index contributed by atoms with van der Waals surface area (Å²) in [7, 11) is 0. The van der Waals surface area contributed by atoms with Crippen LogP contribution >= 0.6 is 0 Å². The van der Waals surface area contributed by atoms with Gasteiger partial charge in [0.25, 0.3) is 0 Å². The Hall–Kier alpha value is -1.43. The number of carbonyl (C=O) groups is 1. The van der Waals surface area contributed by atoms with Crippen molar-refractivity contribution in [1.82, 2.24) is 15.1 Å². The lowest BCUT2D eigenvalue weighted by atomic mass is 9.96. The van der Waals surface area contributed by atoms with Crippen LogP contribution in [-0.4, -0.2) is 66.3 Å². The number of hydrogen-bond acceptors (Lipinski definition) is 5. The zero-order chi connectivity index (χ0) is 18.1. The SMILES string of the molecule is CCN1CC(OC(C)=O)(N2CCC(N[C@@H]3C[C@H]3c3ccccc3)CC2)C1. The first-order valence-electron chi connectivity index (χ1n) is 10.1. The maximum atomic E-state index is 11.6. The predicted octanol–water partition coefficient (Wildman–Crippen LogP) is 2.19. The van der Waals surface area contributed by atoms with Crippen LogP contribution in [0.2, 0.25) is 0 Å². The van der Waals surface area contributed by atoms with Crippen molar-refractivity contribution >= 4 is 5.97 Å². The van der Waals surface area contributed by atoms with Crippen LogP contribution in [0.1, 0.15) is 44.6 Å². The van der Waals surface area contributed by atoms with Crippen molar-refractivity contribution in [2.75, 3.05) is 32.7 Å². The summed E-state index contributed by atoms with van der Waals surface area (Å²) in [6.45, 7) is 8.41. The molecule has 142 valence electrons. The largest absolute Gasteiger partial charge is 0.441 e. The van der Waals surface area contributed by atoms with Crippen LogP contribution in [-0.2, 0) is 9.53 Å². The van der Waals surface area contributed by atoms with Gasteiger partial charge in [-0.2, -0.15) is 0 Å². The Morgan fingerprint density at radius 1 is 1.23 bits per heavy atom. The maximum absolute atomic E-state index is 11.6. The number of nitrogens with zero attached hydrogens (tertiary/aromatic N) is 2. The number of likely N-dealkylation sites (N-methyl/N-ethyl adjacent to an activating group) is 1.